The predicted molar refractivity (Wildman–Crippen MR) is 105 cm³/mol. The molecule has 1 heterocycles. The second-order valence-electron chi connectivity index (χ2n) is 5.47. The standard InChI is InChI=1S/C19H11Cl3S2/c20-13-8-17-16(7-12(13)6-11-4-2-1-3-5-11)23-18-9-14(21)15(22)10-19(18)24-17/h1-5,7-10H,6H2. The molecule has 24 heavy (non-hydrogen) atoms. The van der Waals surface area contributed by atoms with Crippen LogP contribution >= 0.6 is 58.3 Å². The van der Waals surface area contributed by atoms with Crippen LogP contribution in [0.25, 0.3) is 0 Å². The highest BCUT2D eigenvalue weighted by atomic mass is 35.5. The zero-order chi connectivity index (χ0) is 16.7. The molecule has 1 aliphatic rings. The van der Waals surface area contributed by atoms with Crippen LogP contribution in [0.1, 0.15) is 11.1 Å². The first kappa shape index (κ1) is 16.7. The number of hydrogen-bond acceptors (Lipinski definition) is 2. The third kappa shape index (κ3) is 3.31. The first-order valence-corrected chi connectivity index (χ1v) is 10.1. The van der Waals surface area contributed by atoms with Gasteiger partial charge >= 0.3 is 0 Å². The molecule has 0 saturated heterocycles. The second kappa shape index (κ2) is 6.86. The average Bonchev–Trinajstić information content (AvgIpc) is 2.56. The molecule has 0 N–H and O–H groups in total. The van der Waals surface area contributed by atoms with Crippen molar-refractivity contribution in [1.29, 1.82) is 0 Å². The molecule has 0 amide bonds. The molecule has 1 aliphatic heterocycles. The SMILES string of the molecule is Clc1cc2c(cc1Cl)Sc1cc(Cc3ccccc3)c(Cl)cc1S2. The van der Waals surface area contributed by atoms with E-state index in [1.807, 2.05) is 30.3 Å². The largest absolute Gasteiger partial charge is 0.0877 e. The Labute approximate surface area is 164 Å². The van der Waals surface area contributed by atoms with E-state index in [2.05, 4.69) is 24.3 Å². The van der Waals surface area contributed by atoms with Crippen LogP contribution in [0.5, 0.6) is 0 Å². The fourth-order valence-corrected chi connectivity index (χ4v) is 5.69. The van der Waals surface area contributed by atoms with Crippen molar-refractivity contribution in [2.24, 2.45) is 0 Å². The van der Waals surface area contributed by atoms with Crippen LogP contribution in [0, 0.1) is 0 Å². The normalized spacial score (nSPS) is 12.6. The summed E-state index contributed by atoms with van der Waals surface area (Å²) >= 11 is 22.2. The lowest BCUT2D eigenvalue weighted by Gasteiger charge is -2.20. The highest BCUT2D eigenvalue weighted by molar-refractivity contribution is 8.05. The van der Waals surface area contributed by atoms with Crippen molar-refractivity contribution < 1.29 is 0 Å². The minimum atomic E-state index is 0.582. The Balaban J connectivity index is 1.70. The third-order valence-corrected chi connectivity index (χ3v) is 7.34. The Kier molecular flexibility index (Phi) is 4.77. The number of halogens is 3. The van der Waals surface area contributed by atoms with Crippen LogP contribution in [-0.4, -0.2) is 0 Å². The van der Waals surface area contributed by atoms with Gasteiger partial charge in [-0.15, -0.1) is 0 Å². The van der Waals surface area contributed by atoms with Gasteiger partial charge in [0.05, 0.1) is 10.0 Å². The molecule has 0 unspecified atom stereocenters. The molecule has 4 rings (SSSR count). The van der Waals surface area contributed by atoms with Crippen LogP contribution < -0.4 is 0 Å². The Bertz CT molecular complexity index is 924. The van der Waals surface area contributed by atoms with Crippen LogP contribution in [0.15, 0.2) is 74.2 Å². The average molecular weight is 410 g/mol. The number of fused-ring (bicyclic) bond motifs is 2. The Morgan fingerprint density at radius 3 is 1.71 bits per heavy atom. The molecule has 0 bridgehead atoms. The summed E-state index contributed by atoms with van der Waals surface area (Å²) < 4.78 is 0. The molecule has 0 saturated carbocycles. The summed E-state index contributed by atoms with van der Waals surface area (Å²) in [6.07, 6.45) is 0.826. The maximum Gasteiger partial charge on any atom is 0.0604 e. The Morgan fingerprint density at radius 1 is 0.625 bits per heavy atom. The molecular formula is C19H11Cl3S2. The molecule has 5 heteroatoms. The lowest BCUT2D eigenvalue weighted by molar-refractivity contribution is 1.10. The van der Waals surface area contributed by atoms with Gasteiger partial charge in [0, 0.05) is 24.6 Å². The quantitative estimate of drug-likeness (QED) is 0.330. The van der Waals surface area contributed by atoms with E-state index in [1.165, 1.54) is 10.5 Å². The zero-order valence-corrected chi connectivity index (χ0v) is 16.3. The number of benzene rings is 3. The van der Waals surface area contributed by atoms with E-state index in [-0.39, 0.29) is 0 Å². The van der Waals surface area contributed by atoms with Crippen LogP contribution in [0.2, 0.25) is 15.1 Å². The van der Waals surface area contributed by atoms with Gasteiger partial charge in [-0.3, -0.25) is 0 Å². The highest BCUT2D eigenvalue weighted by Gasteiger charge is 2.20. The summed E-state index contributed by atoms with van der Waals surface area (Å²) in [6.45, 7) is 0. The molecule has 0 radical (unpaired) electrons. The maximum absolute atomic E-state index is 6.52. The molecule has 0 atom stereocenters. The Hall–Kier alpha value is -0.770. The molecule has 0 aliphatic carbocycles. The van der Waals surface area contributed by atoms with E-state index >= 15 is 0 Å². The van der Waals surface area contributed by atoms with E-state index in [0.717, 1.165) is 31.7 Å². The Morgan fingerprint density at radius 2 is 1.12 bits per heavy atom. The van der Waals surface area contributed by atoms with Gasteiger partial charge in [0.2, 0.25) is 0 Å². The second-order valence-corrected chi connectivity index (χ2v) is 8.86. The minimum Gasteiger partial charge on any atom is -0.0877 e. The summed E-state index contributed by atoms with van der Waals surface area (Å²) in [5.74, 6) is 0. The van der Waals surface area contributed by atoms with Gasteiger partial charge in [0.1, 0.15) is 0 Å². The van der Waals surface area contributed by atoms with Gasteiger partial charge in [0.15, 0.2) is 0 Å². The van der Waals surface area contributed by atoms with Crippen molar-refractivity contribution in [3.63, 3.8) is 0 Å². The molecule has 3 aromatic carbocycles. The third-order valence-electron chi connectivity index (χ3n) is 3.78. The fraction of sp³-hybridized carbons (Fsp3) is 0.0526. The van der Waals surface area contributed by atoms with Gasteiger partial charge in [-0.25, -0.2) is 0 Å². The summed E-state index contributed by atoms with van der Waals surface area (Å²) in [7, 11) is 0. The summed E-state index contributed by atoms with van der Waals surface area (Å²) in [6, 6.07) is 18.5. The monoisotopic (exact) mass is 408 g/mol. The van der Waals surface area contributed by atoms with E-state index in [4.69, 9.17) is 34.8 Å². The molecular weight excluding hydrogens is 399 g/mol. The van der Waals surface area contributed by atoms with Crippen molar-refractivity contribution in [2.75, 3.05) is 0 Å². The zero-order valence-electron chi connectivity index (χ0n) is 12.4. The number of hydrogen-bond donors (Lipinski definition) is 0. The van der Waals surface area contributed by atoms with E-state index in [1.54, 1.807) is 23.5 Å². The molecule has 120 valence electrons. The lowest BCUT2D eigenvalue weighted by Crippen LogP contribution is -1.95. The van der Waals surface area contributed by atoms with Gasteiger partial charge < -0.3 is 0 Å². The van der Waals surface area contributed by atoms with E-state index in [0.29, 0.717) is 10.0 Å². The summed E-state index contributed by atoms with van der Waals surface area (Å²) in [5, 5.41) is 1.97. The lowest BCUT2D eigenvalue weighted by atomic mass is 10.1. The molecule has 0 fully saturated rings. The minimum absolute atomic E-state index is 0.582. The van der Waals surface area contributed by atoms with Crippen molar-refractivity contribution in [3.8, 4) is 0 Å². The van der Waals surface area contributed by atoms with Crippen molar-refractivity contribution >= 4 is 58.3 Å². The summed E-state index contributed by atoms with van der Waals surface area (Å²) in [5.41, 5.74) is 2.39. The van der Waals surface area contributed by atoms with E-state index < -0.39 is 0 Å². The van der Waals surface area contributed by atoms with Crippen LogP contribution in [-0.2, 0) is 6.42 Å². The first-order valence-electron chi connectivity index (χ1n) is 7.31. The van der Waals surface area contributed by atoms with Gasteiger partial charge in [-0.2, -0.15) is 0 Å². The van der Waals surface area contributed by atoms with Gasteiger partial charge in [0.25, 0.3) is 0 Å². The molecule has 0 nitrogen and oxygen atoms in total. The van der Waals surface area contributed by atoms with Crippen molar-refractivity contribution in [3.05, 3.63) is 80.8 Å². The first-order chi connectivity index (χ1) is 11.6. The smallest absolute Gasteiger partial charge is 0.0604 e. The van der Waals surface area contributed by atoms with E-state index in [9.17, 15) is 0 Å². The number of rotatable bonds is 2. The van der Waals surface area contributed by atoms with Crippen LogP contribution in [0.4, 0.5) is 0 Å². The van der Waals surface area contributed by atoms with Crippen molar-refractivity contribution in [2.45, 2.75) is 26.0 Å². The molecule has 0 aromatic heterocycles. The predicted octanol–water partition coefficient (Wildman–Crippen LogP) is 7.85. The van der Waals surface area contributed by atoms with Gasteiger partial charge in [-0.1, -0.05) is 88.7 Å². The van der Waals surface area contributed by atoms with Crippen molar-refractivity contribution in [1.82, 2.24) is 0 Å². The highest BCUT2D eigenvalue weighted by Crippen LogP contribution is 2.51. The topological polar surface area (TPSA) is 0 Å². The fourth-order valence-electron chi connectivity index (χ4n) is 2.59. The maximum atomic E-state index is 6.52. The van der Waals surface area contributed by atoms with Gasteiger partial charge in [-0.05, 0) is 41.8 Å². The summed E-state index contributed by atoms with van der Waals surface area (Å²) in [4.78, 5) is 4.62. The van der Waals surface area contributed by atoms with Crippen LogP contribution in [0.3, 0.4) is 0 Å². The molecule has 3 aromatic rings. The molecule has 0 spiro atoms.